The number of benzene rings is 2. The predicted octanol–water partition coefficient (Wildman–Crippen LogP) is 4.87. The minimum Gasteiger partial charge on any atom is -0.508 e. The van der Waals surface area contributed by atoms with Crippen LogP contribution in [0.15, 0.2) is 56.7 Å². The molecule has 0 aromatic heterocycles. The Labute approximate surface area is 114 Å². The van der Waals surface area contributed by atoms with Gasteiger partial charge in [0, 0.05) is 14.3 Å². The summed E-state index contributed by atoms with van der Waals surface area (Å²) < 4.78 is 0.919. The molecule has 1 N–H and O–H groups in total. The van der Waals surface area contributed by atoms with E-state index in [0.29, 0.717) is 0 Å². The van der Waals surface area contributed by atoms with E-state index in [2.05, 4.69) is 47.1 Å². The zero-order chi connectivity index (χ0) is 12.3. The third kappa shape index (κ3) is 3.27. The first kappa shape index (κ1) is 12.5. The zero-order valence-corrected chi connectivity index (χ0v) is 11.9. The maximum atomic E-state index is 9.33. The van der Waals surface area contributed by atoms with E-state index in [-0.39, 0.29) is 5.75 Å². The lowest BCUT2D eigenvalue weighted by atomic mass is 10.2. The maximum Gasteiger partial charge on any atom is 0.116 e. The molecule has 0 unspecified atom stereocenters. The largest absolute Gasteiger partial charge is 0.508 e. The highest BCUT2D eigenvalue weighted by Gasteiger charge is 2.03. The van der Waals surface area contributed by atoms with Crippen molar-refractivity contribution >= 4 is 27.7 Å². The average molecular weight is 309 g/mol. The van der Waals surface area contributed by atoms with Gasteiger partial charge in [-0.15, -0.1) is 0 Å². The lowest BCUT2D eigenvalue weighted by Crippen LogP contribution is -1.80. The van der Waals surface area contributed by atoms with Crippen molar-refractivity contribution in [2.75, 3.05) is 0 Å². The molecule has 2 aromatic rings. The molecular weight excluding hydrogens is 296 g/mol. The number of hydrogen-bond donors (Lipinski definition) is 1. The Bertz CT molecular complexity index is 508. The summed E-state index contributed by atoms with van der Waals surface area (Å²) in [7, 11) is 0. The van der Waals surface area contributed by atoms with Crippen LogP contribution in [0.25, 0.3) is 0 Å². The highest BCUT2D eigenvalue weighted by atomic mass is 79.9. The second-order valence-corrected chi connectivity index (χ2v) is 5.68. The Kier molecular flexibility index (Phi) is 4.13. The number of phenols is 1. The third-order valence-electron chi connectivity index (χ3n) is 2.47. The summed E-state index contributed by atoms with van der Waals surface area (Å²) in [5, 5.41) is 9.33. The van der Waals surface area contributed by atoms with Crippen LogP contribution in [0.5, 0.6) is 5.75 Å². The standard InChI is InChI=1S/C14H13BrOS/c1-2-10-3-6-12(7-4-10)17-14-8-5-11(16)9-13(14)15/h3-9,16H,2H2,1H3. The summed E-state index contributed by atoms with van der Waals surface area (Å²) in [5.74, 6) is 0.280. The molecule has 0 saturated heterocycles. The molecule has 0 aliphatic carbocycles. The highest BCUT2D eigenvalue weighted by molar-refractivity contribution is 9.10. The normalized spacial score (nSPS) is 10.5. The van der Waals surface area contributed by atoms with Gasteiger partial charge in [-0.1, -0.05) is 30.8 Å². The van der Waals surface area contributed by atoms with Gasteiger partial charge in [0.25, 0.3) is 0 Å². The molecule has 88 valence electrons. The van der Waals surface area contributed by atoms with E-state index in [9.17, 15) is 5.11 Å². The number of aromatic hydroxyl groups is 1. The summed E-state index contributed by atoms with van der Waals surface area (Å²) >= 11 is 5.14. The van der Waals surface area contributed by atoms with Crippen molar-refractivity contribution in [1.82, 2.24) is 0 Å². The van der Waals surface area contributed by atoms with E-state index < -0.39 is 0 Å². The Morgan fingerprint density at radius 3 is 2.41 bits per heavy atom. The van der Waals surface area contributed by atoms with Crippen molar-refractivity contribution in [3.8, 4) is 5.75 Å². The maximum absolute atomic E-state index is 9.33. The molecule has 3 heteroatoms. The highest BCUT2D eigenvalue weighted by Crippen LogP contribution is 2.35. The Balaban J connectivity index is 2.19. The number of aryl methyl sites for hydroxylation is 1. The van der Waals surface area contributed by atoms with Gasteiger partial charge in [0.05, 0.1) is 0 Å². The van der Waals surface area contributed by atoms with Crippen molar-refractivity contribution in [1.29, 1.82) is 0 Å². The van der Waals surface area contributed by atoms with E-state index in [1.165, 1.54) is 10.5 Å². The first-order chi connectivity index (χ1) is 8.19. The molecule has 0 fully saturated rings. The van der Waals surface area contributed by atoms with Crippen molar-refractivity contribution in [2.45, 2.75) is 23.1 Å². The van der Waals surface area contributed by atoms with Crippen LogP contribution < -0.4 is 0 Å². The van der Waals surface area contributed by atoms with Crippen molar-refractivity contribution in [3.63, 3.8) is 0 Å². The fourth-order valence-electron chi connectivity index (χ4n) is 1.49. The average Bonchev–Trinajstić information content (AvgIpc) is 2.34. The monoisotopic (exact) mass is 308 g/mol. The molecule has 0 bridgehead atoms. The van der Waals surface area contributed by atoms with Crippen LogP contribution in [-0.2, 0) is 6.42 Å². The zero-order valence-electron chi connectivity index (χ0n) is 9.48. The van der Waals surface area contributed by atoms with Crippen molar-refractivity contribution < 1.29 is 5.11 Å². The van der Waals surface area contributed by atoms with E-state index >= 15 is 0 Å². The first-order valence-corrected chi connectivity index (χ1v) is 7.05. The quantitative estimate of drug-likeness (QED) is 0.873. The van der Waals surface area contributed by atoms with Gasteiger partial charge < -0.3 is 5.11 Å². The molecule has 0 saturated carbocycles. The second kappa shape index (κ2) is 5.61. The molecule has 0 amide bonds. The SMILES string of the molecule is CCc1ccc(Sc2ccc(O)cc2Br)cc1. The van der Waals surface area contributed by atoms with Crippen molar-refractivity contribution in [3.05, 3.63) is 52.5 Å². The predicted molar refractivity (Wildman–Crippen MR) is 75.7 cm³/mol. The fourth-order valence-corrected chi connectivity index (χ4v) is 2.92. The molecule has 0 heterocycles. The lowest BCUT2D eigenvalue weighted by molar-refractivity contribution is 0.474. The van der Waals surface area contributed by atoms with Gasteiger partial charge in [-0.05, 0) is 58.2 Å². The van der Waals surface area contributed by atoms with Gasteiger partial charge in [-0.3, -0.25) is 0 Å². The summed E-state index contributed by atoms with van der Waals surface area (Å²) in [4.78, 5) is 2.31. The summed E-state index contributed by atoms with van der Waals surface area (Å²) in [5.41, 5.74) is 1.35. The van der Waals surface area contributed by atoms with Crippen LogP contribution in [-0.4, -0.2) is 5.11 Å². The molecule has 0 spiro atoms. The van der Waals surface area contributed by atoms with Gasteiger partial charge in [0.1, 0.15) is 5.75 Å². The summed E-state index contributed by atoms with van der Waals surface area (Å²) in [6.07, 6.45) is 1.06. The molecular formula is C14H13BrOS. The van der Waals surface area contributed by atoms with Gasteiger partial charge >= 0.3 is 0 Å². The van der Waals surface area contributed by atoms with E-state index in [4.69, 9.17) is 0 Å². The number of hydrogen-bond acceptors (Lipinski definition) is 2. The topological polar surface area (TPSA) is 20.2 Å². The van der Waals surface area contributed by atoms with E-state index in [1.807, 2.05) is 6.07 Å². The number of halogens is 1. The minimum absolute atomic E-state index is 0.280. The van der Waals surface area contributed by atoms with Crippen LogP contribution in [0, 0.1) is 0 Å². The third-order valence-corrected chi connectivity index (χ3v) is 4.48. The summed E-state index contributed by atoms with van der Waals surface area (Å²) in [6.45, 7) is 2.15. The van der Waals surface area contributed by atoms with Gasteiger partial charge in [0.15, 0.2) is 0 Å². The van der Waals surface area contributed by atoms with E-state index in [0.717, 1.165) is 15.8 Å². The van der Waals surface area contributed by atoms with Crippen LogP contribution in [0.4, 0.5) is 0 Å². The molecule has 0 atom stereocenters. The van der Waals surface area contributed by atoms with Gasteiger partial charge in [-0.25, -0.2) is 0 Å². The molecule has 0 aliphatic heterocycles. The Hall–Kier alpha value is -0.930. The Morgan fingerprint density at radius 2 is 1.82 bits per heavy atom. The number of rotatable bonds is 3. The van der Waals surface area contributed by atoms with Crippen LogP contribution in [0.1, 0.15) is 12.5 Å². The number of phenolic OH excluding ortho intramolecular Hbond substituents is 1. The molecule has 0 radical (unpaired) electrons. The van der Waals surface area contributed by atoms with Crippen LogP contribution >= 0.6 is 27.7 Å². The Morgan fingerprint density at radius 1 is 1.12 bits per heavy atom. The van der Waals surface area contributed by atoms with Gasteiger partial charge in [-0.2, -0.15) is 0 Å². The molecule has 1 nitrogen and oxygen atoms in total. The van der Waals surface area contributed by atoms with Crippen LogP contribution in [0.2, 0.25) is 0 Å². The van der Waals surface area contributed by atoms with Crippen molar-refractivity contribution in [2.24, 2.45) is 0 Å². The smallest absolute Gasteiger partial charge is 0.116 e. The van der Waals surface area contributed by atoms with Crippen LogP contribution in [0.3, 0.4) is 0 Å². The first-order valence-electron chi connectivity index (χ1n) is 5.44. The molecule has 2 aromatic carbocycles. The summed E-state index contributed by atoms with van der Waals surface area (Å²) in [6, 6.07) is 13.9. The molecule has 2 rings (SSSR count). The second-order valence-electron chi connectivity index (χ2n) is 3.71. The lowest BCUT2D eigenvalue weighted by Gasteiger charge is -2.05. The molecule has 17 heavy (non-hydrogen) atoms. The van der Waals surface area contributed by atoms with E-state index in [1.54, 1.807) is 23.9 Å². The minimum atomic E-state index is 0.280. The van der Waals surface area contributed by atoms with Gasteiger partial charge in [0.2, 0.25) is 0 Å². The molecule has 0 aliphatic rings. The fraction of sp³-hybridized carbons (Fsp3) is 0.143.